The van der Waals surface area contributed by atoms with Crippen LogP contribution in [0.25, 0.3) is 0 Å². The third kappa shape index (κ3) is 7.42. The number of carbonyl (C=O) groups is 1. The minimum atomic E-state index is -1.42. The number of aryl methyl sites for hydroxylation is 4. The summed E-state index contributed by atoms with van der Waals surface area (Å²) in [6.45, 7) is 14.7. The van der Waals surface area contributed by atoms with E-state index in [1.165, 1.54) is 22.3 Å². The van der Waals surface area contributed by atoms with Gasteiger partial charge in [0.25, 0.3) is 0 Å². The van der Waals surface area contributed by atoms with Crippen molar-refractivity contribution in [3.63, 3.8) is 0 Å². The van der Waals surface area contributed by atoms with Crippen molar-refractivity contribution >= 4 is 5.91 Å². The second kappa shape index (κ2) is 13.0. The summed E-state index contributed by atoms with van der Waals surface area (Å²) >= 11 is 0. The molecule has 2 atom stereocenters. The van der Waals surface area contributed by atoms with Crippen molar-refractivity contribution in [1.29, 1.82) is 0 Å². The summed E-state index contributed by atoms with van der Waals surface area (Å²) in [6.07, 6.45) is 6.52. The van der Waals surface area contributed by atoms with Gasteiger partial charge in [0.05, 0.1) is 0 Å². The Labute approximate surface area is 246 Å². The number of hydrogen-bond acceptors (Lipinski definition) is 2. The lowest BCUT2D eigenvalue weighted by atomic mass is 9.87. The van der Waals surface area contributed by atoms with E-state index in [-0.39, 0.29) is 11.9 Å². The third-order valence-corrected chi connectivity index (χ3v) is 8.47. The molecule has 216 valence electrons. The smallest absolute Gasteiger partial charge is 0.239 e. The Kier molecular flexibility index (Phi) is 9.65. The average molecular weight is 553 g/mol. The van der Waals surface area contributed by atoms with Gasteiger partial charge in [-0.15, -0.1) is 0 Å². The molecule has 0 aromatic heterocycles. The molecule has 0 aliphatic carbocycles. The Morgan fingerprint density at radius 3 is 2.44 bits per heavy atom. The van der Waals surface area contributed by atoms with Crippen LogP contribution in [0.3, 0.4) is 0 Å². The summed E-state index contributed by atoms with van der Waals surface area (Å²) < 4.78 is 14.6. The molecule has 3 aromatic rings. The van der Waals surface area contributed by atoms with Gasteiger partial charge in [-0.2, -0.15) is 0 Å². The highest BCUT2D eigenvalue weighted by Gasteiger charge is 2.34. The van der Waals surface area contributed by atoms with E-state index in [2.05, 4.69) is 80.8 Å². The topological polar surface area (TPSA) is 46.3 Å². The number of rotatable bonds is 11. The van der Waals surface area contributed by atoms with Gasteiger partial charge in [-0.3, -0.25) is 9.69 Å². The highest BCUT2D eigenvalue weighted by Crippen LogP contribution is 2.33. The van der Waals surface area contributed by atoms with E-state index in [4.69, 9.17) is 5.73 Å². The van der Waals surface area contributed by atoms with E-state index in [9.17, 15) is 9.18 Å². The Morgan fingerprint density at radius 1 is 1.05 bits per heavy atom. The molecular weight excluding hydrogens is 507 g/mol. The van der Waals surface area contributed by atoms with Crippen LogP contribution in [0, 0.1) is 6.92 Å². The standard InChI is InChI=1S/C37H45FN2O/c1-7-30-22-25(2)13-17-32(30)20-16-28-14-18-31(19-15-28)27(4)40-21-9-12-34(35(40)36(39)41)26(3)23-29-10-8-11-33(24-29)37(5,6)38/h8,10-15,17-19,22,24,27,35H,3,7,9,16,20-21,23H2,1-2,4-6H3,(H2,39,41). The number of primary amides is 1. The van der Waals surface area contributed by atoms with Crippen molar-refractivity contribution in [2.24, 2.45) is 5.73 Å². The van der Waals surface area contributed by atoms with Crippen LogP contribution in [0.5, 0.6) is 0 Å². The van der Waals surface area contributed by atoms with Crippen LogP contribution in [0.2, 0.25) is 0 Å². The van der Waals surface area contributed by atoms with Crippen LogP contribution in [0.15, 0.2) is 90.5 Å². The van der Waals surface area contributed by atoms with Crippen molar-refractivity contribution in [2.45, 2.75) is 84.5 Å². The van der Waals surface area contributed by atoms with Gasteiger partial charge >= 0.3 is 0 Å². The second-order valence-electron chi connectivity index (χ2n) is 12.0. The Balaban J connectivity index is 1.46. The third-order valence-electron chi connectivity index (χ3n) is 8.47. The van der Waals surface area contributed by atoms with Crippen LogP contribution >= 0.6 is 0 Å². The minimum absolute atomic E-state index is 0.0116. The molecule has 2 unspecified atom stereocenters. The fraction of sp³-hybridized carbons (Fsp3) is 0.378. The number of halogens is 1. The molecule has 0 fully saturated rings. The zero-order valence-electron chi connectivity index (χ0n) is 25.3. The van der Waals surface area contributed by atoms with Gasteiger partial charge < -0.3 is 5.73 Å². The largest absolute Gasteiger partial charge is 0.368 e. The van der Waals surface area contributed by atoms with Crippen molar-refractivity contribution in [2.75, 3.05) is 6.54 Å². The van der Waals surface area contributed by atoms with Crippen LogP contribution in [-0.2, 0) is 36.1 Å². The fourth-order valence-corrected chi connectivity index (χ4v) is 6.02. The molecule has 2 N–H and O–H groups in total. The molecule has 41 heavy (non-hydrogen) atoms. The summed E-state index contributed by atoms with van der Waals surface area (Å²) in [4.78, 5) is 15.0. The summed E-state index contributed by atoms with van der Waals surface area (Å²) in [5, 5.41) is 0. The number of nitrogens with zero attached hydrogens (tertiary/aromatic N) is 1. The summed E-state index contributed by atoms with van der Waals surface area (Å²) in [5.41, 5.74) is 14.6. The lowest BCUT2D eigenvalue weighted by Crippen LogP contribution is -2.49. The molecular formula is C37H45FN2O. The van der Waals surface area contributed by atoms with Crippen LogP contribution in [0.1, 0.15) is 79.1 Å². The number of amides is 1. The second-order valence-corrected chi connectivity index (χ2v) is 12.0. The van der Waals surface area contributed by atoms with Crippen LogP contribution in [-0.4, -0.2) is 23.4 Å². The van der Waals surface area contributed by atoms with Crippen LogP contribution < -0.4 is 5.73 Å². The number of alkyl halides is 1. The van der Waals surface area contributed by atoms with Crippen molar-refractivity contribution < 1.29 is 9.18 Å². The van der Waals surface area contributed by atoms with Gasteiger partial charge in [0.2, 0.25) is 5.91 Å². The van der Waals surface area contributed by atoms with Gasteiger partial charge in [0, 0.05) is 12.6 Å². The predicted octanol–water partition coefficient (Wildman–Crippen LogP) is 7.89. The molecule has 1 heterocycles. The normalized spacial score (nSPS) is 16.7. The molecule has 1 aliphatic rings. The summed E-state index contributed by atoms with van der Waals surface area (Å²) in [7, 11) is 0. The Bertz CT molecular complexity index is 1410. The molecule has 1 aliphatic heterocycles. The van der Waals surface area contributed by atoms with E-state index in [1.54, 1.807) is 19.9 Å². The number of nitrogens with two attached hydrogens (primary N) is 1. The van der Waals surface area contributed by atoms with E-state index < -0.39 is 11.7 Å². The maximum Gasteiger partial charge on any atom is 0.239 e. The van der Waals surface area contributed by atoms with Crippen LogP contribution in [0.4, 0.5) is 4.39 Å². The highest BCUT2D eigenvalue weighted by molar-refractivity contribution is 5.85. The number of benzene rings is 3. The number of hydrogen-bond donors (Lipinski definition) is 1. The zero-order valence-corrected chi connectivity index (χ0v) is 25.3. The fourth-order valence-electron chi connectivity index (χ4n) is 6.02. The Morgan fingerprint density at radius 2 is 1.78 bits per heavy atom. The lowest BCUT2D eigenvalue weighted by molar-refractivity contribution is -0.123. The molecule has 0 saturated heterocycles. The molecule has 3 aromatic carbocycles. The van der Waals surface area contributed by atoms with E-state index in [0.717, 1.165) is 54.5 Å². The minimum Gasteiger partial charge on any atom is -0.368 e. The van der Waals surface area contributed by atoms with Gasteiger partial charge in [0.1, 0.15) is 11.7 Å². The average Bonchev–Trinajstić information content (AvgIpc) is 2.95. The SMILES string of the molecule is C=C(Cc1cccc(C(C)(C)F)c1)C1=CCCN(C(C)c2ccc(CCc3ccc(C)cc3CC)cc2)C1C(N)=O. The molecule has 0 bridgehead atoms. The zero-order chi connectivity index (χ0) is 29.7. The first-order chi connectivity index (χ1) is 19.5. The first-order valence-electron chi connectivity index (χ1n) is 14.9. The first kappa shape index (κ1) is 30.5. The van der Waals surface area contributed by atoms with Crippen molar-refractivity contribution in [3.05, 3.63) is 129 Å². The summed E-state index contributed by atoms with van der Waals surface area (Å²) in [6, 6.07) is 22.6. The highest BCUT2D eigenvalue weighted by atomic mass is 19.1. The molecule has 4 heteroatoms. The van der Waals surface area contributed by atoms with E-state index >= 15 is 0 Å². The molecule has 0 saturated carbocycles. The monoisotopic (exact) mass is 552 g/mol. The van der Waals surface area contributed by atoms with Gasteiger partial charge in [-0.05, 0) is 104 Å². The predicted molar refractivity (Wildman–Crippen MR) is 169 cm³/mol. The van der Waals surface area contributed by atoms with E-state index in [1.807, 2.05) is 18.2 Å². The summed E-state index contributed by atoms with van der Waals surface area (Å²) in [5.74, 6) is -0.371. The molecule has 0 radical (unpaired) electrons. The van der Waals surface area contributed by atoms with Crippen molar-refractivity contribution in [1.82, 2.24) is 4.90 Å². The number of carbonyl (C=O) groups excluding carboxylic acids is 1. The van der Waals surface area contributed by atoms with Gasteiger partial charge in [-0.1, -0.05) is 91.9 Å². The van der Waals surface area contributed by atoms with E-state index in [0.29, 0.717) is 12.0 Å². The molecule has 4 rings (SSSR count). The molecule has 1 amide bonds. The molecule has 3 nitrogen and oxygen atoms in total. The van der Waals surface area contributed by atoms with Crippen molar-refractivity contribution in [3.8, 4) is 0 Å². The maximum absolute atomic E-state index is 14.6. The first-order valence-corrected chi connectivity index (χ1v) is 14.9. The molecule has 0 spiro atoms. The lowest BCUT2D eigenvalue weighted by Gasteiger charge is -2.39. The van der Waals surface area contributed by atoms with Gasteiger partial charge in [-0.25, -0.2) is 4.39 Å². The van der Waals surface area contributed by atoms with Gasteiger partial charge in [0.15, 0.2) is 0 Å². The quantitative estimate of drug-likeness (QED) is 0.263. The Hall–Kier alpha value is -3.50. The maximum atomic E-state index is 14.6.